The minimum atomic E-state index is -0.842. The van der Waals surface area contributed by atoms with E-state index in [-0.39, 0.29) is 23.8 Å². The van der Waals surface area contributed by atoms with Crippen molar-refractivity contribution in [2.24, 2.45) is 0 Å². The van der Waals surface area contributed by atoms with Crippen molar-refractivity contribution >= 4 is 41.1 Å². The fourth-order valence-corrected chi connectivity index (χ4v) is 4.37. The summed E-state index contributed by atoms with van der Waals surface area (Å²) in [6.45, 7) is 3.99. The van der Waals surface area contributed by atoms with Crippen LogP contribution in [0, 0.1) is 0 Å². The molecule has 3 rings (SSSR count). The number of alkyl halides is 1. The van der Waals surface area contributed by atoms with Gasteiger partial charge in [0.2, 0.25) is 11.8 Å². The monoisotopic (exact) mass is 410 g/mol. The number of hydrogen-bond acceptors (Lipinski definition) is 6. The van der Waals surface area contributed by atoms with Crippen LogP contribution in [-0.2, 0) is 25.7 Å². The third-order valence-electron chi connectivity index (χ3n) is 4.39. The molecule has 2 aliphatic heterocycles. The zero-order valence-electron chi connectivity index (χ0n) is 14.6. The van der Waals surface area contributed by atoms with Crippen LogP contribution in [0.2, 0.25) is 0 Å². The number of methoxy groups -OCH3 is 1. The second-order valence-electron chi connectivity index (χ2n) is 6.14. The Bertz CT molecular complexity index is 770. The average molecular weight is 411 g/mol. The molecule has 2 unspecified atom stereocenters. The summed E-state index contributed by atoms with van der Waals surface area (Å²) in [7, 11) is 1.57. The molecule has 7 nitrogen and oxygen atoms in total. The lowest BCUT2D eigenvalue weighted by molar-refractivity contribution is -0.164. The SMILES string of the molecule is C=C1CS[C@H]2C(NC(=O)CCl)C(=O)N2C1C(=O)OCc1ccc(OC)cc1. The summed E-state index contributed by atoms with van der Waals surface area (Å²) in [5.41, 5.74) is 1.41. The van der Waals surface area contributed by atoms with Gasteiger partial charge < -0.3 is 19.7 Å². The number of nitrogens with zero attached hydrogens (tertiary/aromatic N) is 1. The van der Waals surface area contributed by atoms with Crippen LogP contribution >= 0.6 is 23.4 Å². The maximum Gasteiger partial charge on any atom is 0.333 e. The van der Waals surface area contributed by atoms with E-state index in [4.69, 9.17) is 21.1 Å². The number of thioether (sulfide) groups is 1. The van der Waals surface area contributed by atoms with Crippen LogP contribution in [0.15, 0.2) is 36.4 Å². The van der Waals surface area contributed by atoms with Crippen molar-refractivity contribution in [2.45, 2.75) is 24.1 Å². The van der Waals surface area contributed by atoms with Crippen molar-refractivity contribution < 1.29 is 23.9 Å². The quantitative estimate of drug-likeness (QED) is 0.329. The third kappa shape index (κ3) is 3.91. The van der Waals surface area contributed by atoms with Gasteiger partial charge in [-0.25, -0.2) is 4.79 Å². The molecule has 3 atom stereocenters. The van der Waals surface area contributed by atoms with Gasteiger partial charge in [-0.1, -0.05) is 18.7 Å². The summed E-state index contributed by atoms with van der Waals surface area (Å²) < 4.78 is 10.5. The Hall–Kier alpha value is -2.19. The molecule has 2 saturated heterocycles. The minimum absolute atomic E-state index is 0.0822. The Balaban J connectivity index is 1.63. The molecule has 2 amide bonds. The molecular formula is C18H19ClN2O5S. The summed E-state index contributed by atoms with van der Waals surface area (Å²) in [6, 6.07) is 5.63. The van der Waals surface area contributed by atoms with Crippen molar-refractivity contribution in [3.8, 4) is 5.75 Å². The molecule has 0 saturated carbocycles. The molecule has 2 aliphatic rings. The molecule has 0 radical (unpaired) electrons. The molecule has 144 valence electrons. The number of amides is 2. The Kier molecular flexibility index (Phi) is 5.96. The van der Waals surface area contributed by atoms with Crippen molar-refractivity contribution in [1.82, 2.24) is 10.2 Å². The number of benzene rings is 1. The molecule has 0 aliphatic carbocycles. The number of carbonyl (C=O) groups is 3. The zero-order chi connectivity index (χ0) is 19.6. The van der Waals surface area contributed by atoms with E-state index in [2.05, 4.69) is 11.9 Å². The van der Waals surface area contributed by atoms with E-state index in [1.54, 1.807) is 31.4 Å². The highest BCUT2D eigenvalue weighted by Gasteiger charge is 2.56. The Morgan fingerprint density at radius 1 is 1.37 bits per heavy atom. The Morgan fingerprint density at radius 3 is 2.70 bits per heavy atom. The van der Waals surface area contributed by atoms with Crippen molar-refractivity contribution in [3.05, 3.63) is 42.0 Å². The highest BCUT2D eigenvalue weighted by Crippen LogP contribution is 2.40. The van der Waals surface area contributed by atoms with Gasteiger partial charge in [0.15, 0.2) is 6.04 Å². The normalized spacial score (nSPS) is 23.9. The van der Waals surface area contributed by atoms with Gasteiger partial charge in [0.05, 0.1) is 7.11 Å². The van der Waals surface area contributed by atoms with Gasteiger partial charge in [0.25, 0.3) is 0 Å². The smallest absolute Gasteiger partial charge is 0.333 e. The predicted octanol–water partition coefficient (Wildman–Crippen LogP) is 1.30. The number of nitrogens with one attached hydrogen (secondary N) is 1. The van der Waals surface area contributed by atoms with Crippen molar-refractivity contribution in [2.75, 3.05) is 18.7 Å². The number of carbonyl (C=O) groups excluding carboxylic acids is 3. The summed E-state index contributed by atoms with van der Waals surface area (Å²) in [5, 5.41) is 2.26. The second kappa shape index (κ2) is 8.22. The van der Waals surface area contributed by atoms with E-state index in [1.165, 1.54) is 16.7 Å². The van der Waals surface area contributed by atoms with E-state index in [1.807, 2.05) is 0 Å². The highest BCUT2D eigenvalue weighted by molar-refractivity contribution is 8.00. The van der Waals surface area contributed by atoms with Gasteiger partial charge in [-0.15, -0.1) is 23.4 Å². The zero-order valence-corrected chi connectivity index (χ0v) is 16.2. The number of rotatable bonds is 6. The van der Waals surface area contributed by atoms with E-state index in [0.29, 0.717) is 17.1 Å². The largest absolute Gasteiger partial charge is 0.497 e. The number of ether oxygens (including phenoxy) is 2. The van der Waals surface area contributed by atoms with Gasteiger partial charge >= 0.3 is 5.97 Å². The van der Waals surface area contributed by atoms with Gasteiger partial charge in [-0.2, -0.15) is 0 Å². The molecule has 2 heterocycles. The second-order valence-corrected chi connectivity index (χ2v) is 7.51. The molecule has 0 spiro atoms. The molecule has 0 aromatic heterocycles. The fourth-order valence-electron chi connectivity index (χ4n) is 2.99. The third-order valence-corrected chi connectivity index (χ3v) is 6.01. The highest BCUT2D eigenvalue weighted by atomic mass is 35.5. The maximum atomic E-state index is 12.6. The summed E-state index contributed by atoms with van der Waals surface area (Å²) >= 11 is 6.93. The van der Waals surface area contributed by atoms with E-state index in [0.717, 1.165) is 5.56 Å². The van der Waals surface area contributed by atoms with Crippen LogP contribution in [0.3, 0.4) is 0 Å². The number of β-lactam (4-membered cyclic amide) rings is 1. The number of hydrogen-bond donors (Lipinski definition) is 1. The van der Waals surface area contributed by atoms with Gasteiger partial charge in [0, 0.05) is 5.75 Å². The van der Waals surface area contributed by atoms with Crippen LogP contribution in [0.4, 0.5) is 0 Å². The fraction of sp³-hybridized carbons (Fsp3) is 0.389. The minimum Gasteiger partial charge on any atom is -0.497 e. The lowest BCUT2D eigenvalue weighted by Gasteiger charge is -2.52. The molecule has 2 fully saturated rings. The van der Waals surface area contributed by atoms with E-state index >= 15 is 0 Å². The first kappa shape index (κ1) is 19.6. The van der Waals surface area contributed by atoms with Gasteiger partial charge in [-0.05, 0) is 23.3 Å². The molecule has 1 aromatic carbocycles. The maximum absolute atomic E-state index is 12.6. The topological polar surface area (TPSA) is 84.9 Å². The summed E-state index contributed by atoms with van der Waals surface area (Å²) in [5.74, 6) is -0.291. The Morgan fingerprint density at radius 2 is 2.07 bits per heavy atom. The molecule has 0 bridgehead atoms. The molecule has 27 heavy (non-hydrogen) atoms. The number of halogens is 1. The van der Waals surface area contributed by atoms with Crippen LogP contribution in [-0.4, -0.2) is 58.9 Å². The summed E-state index contributed by atoms with van der Waals surface area (Å²) in [6.07, 6.45) is 0. The lowest BCUT2D eigenvalue weighted by atomic mass is 9.98. The standard InChI is InChI=1S/C18H19ClN2O5S/c1-10-9-27-17-14(20-13(22)7-19)16(23)21(17)15(10)18(24)26-8-11-3-5-12(25-2)6-4-11/h3-6,14-15,17H,1,7-9H2,2H3,(H,20,22)/t14?,15?,17-/m0/s1. The first-order valence-corrected chi connectivity index (χ1v) is 9.81. The first-order chi connectivity index (χ1) is 13.0. The molecule has 1 aromatic rings. The van der Waals surface area contributed by atoms with Crippen molar-refractivity contribution in [3.63, 3.8) is 0 Å². The van der Waals surface area contributed by atoms with Crippen LogP contribution in [0.5, 0.6) is 5.75 Å². The average Bonchev–Trinajstić information content (AvgIpc) is 2.70. The van der Waals surface area contributed by atoms with Crippen LogP contribution in [0.25, 0.3) is 0 Å². The van der Waals surface area contributed by atoms with E-state index < -0.39 is 24.0 Å². The number of fused-ring (bicyclic) bond motifs is 1. The van der Waals surface area contributed by atoms with E-state index in [9.17, 15) is 14.4 Å². The molecule has 1 N–H and O–H groups in total. The van der Waals surface area contributed by atoms with Crippen LogP contribution < -0.4 is 10.1 Å². The van der Waals surface area contributed by atoms with Gasteiger partial charge in [0.1, 0.15) is 29.7 Å². The summed E-state index contributed by atoms with van der Waals surface area (Å²) in [4.78, 5) is 38.0. The van der Waals surface area contributed by atoms with Crippen molar-refractivity contribution in [1.29, 1.82) is 0 Å². The van der Waals surface area contributed by atoms with Crippen LogP contribution in [0.1, 0.15) is 5.56 Å². The molecule has 9 heteroatoms. The predicted molar refractivity (Wildman–Crippen MR) is 101 cm³/mol. The Labute approximate surface area is 166 Å². The molecular weight excluding hydrogens is 392 g/mol. The first-order valence-electron chi connectivity index (χ1n) is 8.22. The lowest BCUT2D eigenvalue weighted by Crippen LogP contribution is -2.74. The van der Waals surface area contributed by atoms with Gasteiger partial charge in [-0.3, -0.25) is 9.59 Å². The number of esters is 1.